The molecule has 2 heteroatoms. The van der Waals surface area contributed by atoms with Crippen LogP contribution in [0.2, 0.25) is 0 Å². The minimum atomic E-state index is 0.367. The van der Waals surface area contributed by atoms with Gasteiger partial charge in [-0.1, -0.05) is 31.3 Å². The van der Waals surface area contributed by atoms with E-state index in [4.69, 9.17) is 18.0 Å². The summed E-state index contributed by atoms with van der Waals surface area (Å²) >= 11 is 5.04. The minimum Gasteiger partial charge on any atom is -0.398 e. The van der Waals surface area contributed by atoms with Crippen LogP contribution in [-0.4, -0.2) is 4.86 Å². The standard InChI is InChI=1S/C10H13NS/c1-3-7(2)8-4-5-10(12)9(11)6-8/h3-4,6-7H,1,5,11H2,2H3/t7-/m1/s1. The summed E-state index contributed by atoms with van der Waals surface area (Å²) in [6.07, 6.45) is 6.76. The Kier molecular flexibility index (Phi) is 2.82. The molecule has 64 valence electrons. The number of hydrogen-bond acceptors (Lipinski definition) is 2. The molecular formula is C10H13NS. The lowest BCUT2D eigenvalue weighted by molar-refractivity contribution is 0.883. The molecule has 0 aliphatic heterocycles. The SMILES string of the molecule is C=C[C@@H](C)C1=CCC(=S)C(N)=C1. The van der Waals surface area contributed by atoms with Crippen LogP contribution in [0.25, 0.3) is 0 Å². The van der Waals surface area contributed by atoms with Crippen molar-refractivity contribution >= 4 is 17.1 Å². The number of rotatable bonds is 2. The number of allylic oxidation sites excluding steroid dienone is 5. The van der Waals surface area contributed by atoms with E-state index >= 15 is 0 Å². The fraction of sp³-hybridized carbons (Fsp3) is 0.300. The zero-order chi connectivity index (χ0) is 9.14. The van der Waals surface area contributed by atoms with Gasteiger partial charge in [0.15, 0.2) is 0 Å². The van der Waals surface area contributed by atoms with E-state index in [2.05, 4.69) is 19.6 Å². The average Bonchev–Trinajstić information content (AvgIpc) is 2.08. The van der Waals surface area contributed by atoms with Crippen LogP contribution in [-0.2, 0) is 0 Å². The third-order valence-electron chi connectivity index (χ3n) is 2.05. The fourth-order valence-electron chi connectivity index (χ4n) is 1.10. The molecule has 1 rings (SSSR count). The first-order chi connectivity index (χ1) is 5.65. The van der Waals surface area contributed by atoms with E-state index in [1.807, 2.05) is 12.2 Å². The van der Waals surface area contributed by atoms with E-state index in [0.717, 1.165) is 17.0 Å². The van der Waals surface area contributed by atoms with Crippen LogP contribution in [0.15, 0.2) is 36.1 Å². The molecule has 0 amide bonds. The van der Waals surface area contributed by atoms with Gasteiger partial charge in [0.2, 0.25) is 0 Å². The molecule has 1 aliphatic carbocycles. The molecule has 1 atom stereocenters. The summed E-state index contributed by atoms with van der Waals surface area (Å²) in [5.41, 5.74) is 7.66. The highest BCUT2D eigenvalue weighted by molar-refractivity contribution is 7.80. The van der Waals surface area contributed by atoms with Crippen LogP contribution in [0, 0.1) is 5.92 Å². The molecule has 0 aromatic carbocycles. The first-order valence-electron chi connectivity index (χ1n) is 3.98. The van der Waals surface area contributed by atoms with Crippen molar-refractivity contribution in [3.63, 3.8) is 0 Å². The van der Waals surface area contributed by atoms with E-state index in [1.54, 1.807) is 0 Å². The third kappa shape index (κ3) is 1.83. The topological polar surface area (TPSA) is 26.0 Å². The Morgan fingerprint density at radius 1 is 1.75 bits per heavy atom. The van der Waals surface area contributed by atoms with E-state index in [9.17, 15) is 0 Å². The lowest BCUT2D eigenvalue weighted by atomic mass is 9.94. The monoisotopic (exact) mass is 179 g/mol. The van der Waals surface area contributed by atoms with Crippen molar-refractivity contribution in [3.8, 4) is 0 Å². The molecule has 0 fully saturated rings. The molecule has 2 N–H and O–H groups in total. The Hall–Kier alpha value is -0.890. The molecule has 1 nitrogen and oxygen atoms in total. The summed E-state index contributed by atoms with van der Waals surface area (Å²) in [6.45, 7) is 5.83. The van der Waals surface area contributed by atoms with Gasteiger partial charge in [0.05, 0.1) is 0 Å². The maximum absolute atomic E-state index is 5.71. The number of nitrogens with two attached hydrogens (primary N) is 1. The van der Waals surface area contributed by atoms with Crippen LogP contribution in [0.1, 0.15) is 13.3 Å². The summed E-state index contributed by atoms with van der Waals surface area (Å²) in [5.74, 6) is 0.367. The van der Waals surface area contributed by atoms with Gasteiger partial charge in [0, 0.05) is 17.0 Å². The summed E-state index contributed by atoms with van der Waals surface area (Å²) in [6, 6.07) is 0. The molecule has 0 bridgehead atoms. The molecule has 0 saturated carbocycles. The molecule has 0 radical (unpaired) electrons. The van der Waals surface area contributed by atoms with Gasteiger partial charge in [-0.25, -0.2) is 0 Å². The third-order valence-corrected chi connectivity index (χ3v) is 2.45. The Bertz CT molecular complexity index is 274. The molecule has 0 spiro atoms. The van der Waals surface area contributed by atoms with Gasteiger partial charge in [0.1, 0.15) is 0 Å². The van der Waals surface area contributed by atoms with E-state index in [-0.39, 0.29) is 0 Å². The zero-order valence-electron chi connectivity index (χ0n) is 7.21. The number of thiocarbonyl (C=S) groups is 1. The highest BCUT2D eigenvalue weighted by Gasteiger charge is 2.10. The summed E-state index contributed by atoms with van der Waals surface area (Å²) < 4.78 is 0. The first-order valence-corrected chi connectivity index (χ1v) is 4.39. The second-order valence-corrected chi connectivity index (χ2v) is 3.45. The normalized spacial score (nSPS) is 19.6. The largest absolute Gasteiger partial charge is 0.398 e. The van der Waals surface area contributed by atoms with E-state index < -0.39 is 0 Å². The van der Waals surface area contributed by atoms with E-state index in [1.165, 1.54) is 5.57 Å². The predicted octanol–water partition coefficient (Wildman–Crippen LogP) is 2.35. The number of hydrogen-bond donors (Lipinski definition) is 1. The summed E-state index contributed by atoms with van der Waals surface area (Å²) in [7, 11) is 0. The fourth-order valence-corrected chi connectivity index (χ4v) is 1.24. The van der Waals surface area contributed by atoms with Crippen molar-refractivity contribution in [1.82, 2.24) is 0 Å². The van der Waals surface area contributed by atoms with Gasteiger partial charge in [-0.3, -0.25) is 0 Å². The Balaban J connectivity index is 2.84. The molecular weight excluding hydrogens is 166 g/mol. The van der Waals surface area contributed by atoms with Crippen LogP contribution < -0.4 is 5.73 Å². The lowest BCUT2D eigenvalue weighted by Gasteiger charge is -2.14. The Labute approximate surface area is 78.6 Å². The smallest absolute Gasteiger partial charge is 0.0461 e. The molecule has 12 heavy (non-hydrogen) atoms. The quantitative estimate of drug-likeness (QED) is 0.520. The molecule has 0 unspecified atom stereocenters. The van der Waals surface area contributed by atoms with E-state index in [0.29, 0.717) is 5.92 Å². The lowest BCUT2D eigenvalue weighted by Crippen LogP contribution is -2.13. The maximum Gasteiger partial charge on any atom is 0.0461 e. The molecule has 0 aromatic heterocycles. The van der Waals surface area contributed by atoms with Gasteiger partial charge < -0.3 is 5.73 Å². The van der Waals surface area contributed by atoms with Crippen LogP contribution in [0.4, 0.5) is 0 Å². The zero-order valence-corrected chi connectivity index (χ0v) is 8.03. The average molecular weight is 179 g/mol. The van der Waals surface area contributed by atoms with Crippen molar-refractivity contribution in [1.29, 1.82) is 0 Å². The molecule has 0 aromatic rings. The highest BCUT2D eigenvalue weighted by atomic mass is 32.1. The van der Waals surface area contributed by atoms with Gasteiger partial charge in [-0.2, -0.15) is 0 Å². The van der Waals surface area contributed by atoms with Gasteiger partial charge in [-0.15, -0.1) is 6.58 Å². The van der Waals surface area contributed by atoms with Crippen molar-refractivity contribution in [2.75, 3.05) is 0 Å². The van der Waals surface area contributed by atoms with Crippen LogP contribution >= 0.6 is 12.2 Å². The second kappa shape index (κ2) is 3.68. The van der Waals surface area contributed by atoms with Crippen molar-refractivity contribution in [2.24, 2.45) is 11.7 Å². The predicted molar refractivity (Wildman–Crippen MR) is 56.9 cm³/mol. The van der Waals surface area contributed by atoms with Gasteiger partial charge >= 0.3 is 0 Å². The Morgan fingerprint density at radius 3 is 2.92 bits per heavy atom. The molecule has 1 aliphatic rings. The van der Waals surface area contributed by atoms with Crippen molar-refractivity contribution < 1.29 is 0 Å². The second-order valence-electron chi connectivity index (χ2n) is 2.96. The van der Waals surface area contributed by atoms with Crippen LogP contribution in [0.5, 0.6) is 0 Å². The van der Waals surface area contributed by atoms with Gasteiger partial charge in [-0.05, 0) is 17.6 Å². The van der Waals surface area contributed by atoms with Crippen molar-refractivity contribution in [3.05, 3.63) is 36.1 Å². The molecule has 0 heterocycles. The highest BCUT2D eigenvalue weighted by Crippen LogP contribution is 2.19. The Morgan fingerprint density at radius 2 is 2.42 bits per heavy atom. The summed E-state index contributed by atoms with van der Waals surface area (Å²) in [5, 5.41) is 0. The summed E-state index contributed by atoms with van der Waals surface area (Å²) in [4.78, 5) is 0.843. The molecule has 0 saturated heterocycles. The maximum atomic E-state index is 5.71. The minimum absolute atomic E-state index is 0.367. The van der Waals surface area contributed by atoms with Crippen LogP contribution in [0.3, 0.4) is 0 Å². The first kappa shape index (κ1) is 9.20. The van der Waals surface area contributed by atoms with Gasteiger partial charge in [0.25, 0.3) is 0 Å². The van der Waals surface area contributed by atoms with Crippen molar-refractivity contribution in [2.45, 2.75) is 13.3 Å².